The van der Waals surface area contributed by atoms with E-state index in [2.05, 4.69) is 10.6 Å². The second-order valence-corrected chi connectivity index (χ2v) is 3.93. The number of amides is 1. The van der Waals surface area contributed by atoms with Crippen molar-refractivity contribution in [2.45, 2.75) is 19.9 Å². The van der Waals surface area contributed by atoms with Gasteiger partial charge in [0.05, 0.1) is 19.3 Å². The molecule has 0 saturated carbocycles. The van der Waals surface area contributed by atoms with Gasteiger partial charge in [-0.3, -0.25) is 4.79 Å². The van der Waals surface area contributed by atoms with Crippen molar-refractivity contribution >= 4 is 11.6 Å². The molecule has 1 amide bonds. The van der Waals surface area contributed by atoms with Gasteiger partial charge in [0.25, 0.3) is 0 Å². The maximum absolute atomic E-state index is 12.9. The number of nitrogens with one attached hydrogen (secondary N) is 2. The van der Waals surface area contributed by atoms with Gasteiger partial charge in [0.1, 0.15) is 11.6 Å². The minimum Gasteiger partial charge on any atom is -0.494 e. The summed E-state index contributed by atoms with van der Waals surface area (Å²) in [6.45, 7) is 4.11. The van der Waals surface area contributed by atoms with E-state index in [9.17, 15) is 9.18 Å². The normalized spacial score (nSPS) is 10.4. The zero-order chi connectivity index (χ0) is 12.8. The lowest BCUT2D eigenvalue weighted by molar-refractivity contribution is -0.115. The van der Waals surface area contributed by atoms with Crippen molar-refractivity contribution in [3.05, 3.63) is 24.0 Å². The predicted molar refractivity (Wildman–Crippen MR) is 64.7 cm³/mol. The van der Waals surface area contributed by atoms with Gasteiger partial charge < -0.3 is 15.4 Å². The quantitative estimate of drug-likeness (QED) is 0.824. The van der Waals surface area contributed by atoms with Crippen LogP contribution in [0.2, 0.25) is 0 Å². The van der Waals surface area contributed by atoms with Crippen molar-refractivity contribution < 1.29 is 13.9 Å². The minimum atomic E-state index is -0.403. The van der Waals surface area contributed by atoms with Gasteiger partial charge in [0, 0.05) is 12.1 Å². The van der Waals surface area contributed by atoms with E-state index in [4.69, 9.17) is 4.74 Å². The number of carbonyl (C=O) groups excluding carboxylic acids is 1. The van der Waals surface area contributed by atoms with E-state index in [0.29, 0.717) is 11.4 Å². The van der Waals surface area contributed by atoms with Crippen LogP contribution in [-0.4, -0.2) is 25.6 Å². The number of benzene rings is 1. The van der Waals surface area contributed by atoms with Crippen LogP contribution in [0.15, 0.2) is 18.2 Å². The highest BCUT2D eigenvalue weighted by Crippen LogP contribution is 2.24. The van der Waals surface area contributed by atoms with Crippen LogP contribution in [0.25, 0.3) is 0 Å². The standard InChI is InChI=1S/C12H17FN2O2/c1-8(2)14-7-12(16)15-10-5-4-9(13)6-11(10)17-3/h4-6,8,14H,7H2,1-3H3,(H,15,16). The molecule has 0 aliphatic carbocycles. The Kier molecular flexibility index (Phi) is 4.90. The van der Waals surface area contributed by atoms with Crippen molar-refractivity contribution in [3.8, 4) is 5.75 Å². The van der Waals surface area contributed by atoms with Crippen molar-refractivity contribution in [1.82, 2.24) is 5.32 Å². The highest BCUT2D eigenvalue weighted by atomic mass is 19.1. The molecule has 0 atom stereocenters. The first kappa shape index (κ1) is 13.4. The van der Waals surface area contributed by atoms with Crippen LogP contribution >= 0.6 is 0 Å². The molecule has 94 valence electrons. The van der Waals surface area contributed by atoms with Crippen LogP contribution < -0.4 is 15.4 Å². The Morgan fingerprint density at radius 2 is 2.18 bits per heavy atom. The molecule has 0 aliphatic rings. The molecule has 1 aromatic rings. The Hall–Kier alpha value is -1.62. The molecule has 0 bridgehead atoms. The van der Waals surface area contributed by atoms with Gasteiger partial charge in [0.2, 0.25) is 5.91 Å². The van der Waals surface area contributed by atoms with Crippen LogP contribution in [0.3, 0.4) is 0 Å². The molecular formula is C12H17FN2O2. The lowest BCUT2D eigenvalue weighted by Crippen LogP contribution is -2.32. The van der Waals surface area contributed by atoms with Gasteiger partial charge in [-0.1, -0.05) is 13.8 Å². The second-order valence-electron chi connectivity index (χ2n) is 3.93. The summed E-state index contributed by atoms with van der Waals surface area (Å²) in [5.41, 5.74) is 0.462. The van der Waals surface area contributed by atoms with E-state index < -0.39 is 5.82 Å². The summed E-state index contributed by atoms with van der Waals surface area (Å²) in [7, 11) is 1.43. The van der Waals surface area contributed by atoms with E-state index in [1.165, 1.54) is 25.3 Å². The number of hydrogen-bond donors (Lipinski definition) is 2. The predicted octanol–water partition coefficient (Wildman–Crippen LogP) is 1.77. The largest absolute Gasteiger partial charge is 0.494 e. The molecule has 0 heterocycles. The fourth-order valence-electron chi connectivity index (χ4n) is 1.26. The third-order valence-corrected chi connectivity index (χ3v) is 2.11. The first-order valence-corrected chi connectivity index (χ1v) is 5.39. The molecule has 2 N–H and O–H groups in total. The number of rotatable bonds is 5. The molecule has 17 heavy (non-hydrogen) atoms. The average Bonchev–Trinajstić information content (AvgIpc) is 2.28. The van der Waals surface area contributed by atoms with Crippen LogP contribution in [0.5, 0.6) is 5.75 Å². The van der Waals surface area contributed by atoms with Gasteiger partial charge >= 0.3 is 0 Å². The minimum absolute atomic E-state index is 0.191. The fraction of sp³-hybridized carbons (Fsp3) is 0.417. The van der Waals surface area contributed by atoms with Crippen molar-refractivity contribution in [2.75, 3.05) is 19.0 Å². The van der Waals surface area contributed by atoms with Crippen LogP contribution in [0, 0.1) is 5.82 Å². The molecule has 0 saturated heterocycles. The molecule has 0 fully saturated rings. The molecule has 0 unspecified atom stereocenters. The Bertz CT molecular complexity index is 394. The maximum atomic E-state index is 12.9. The highest BCUT2D eigenvalue weighted by molar-refractivity contribution is 5.93. The molecule has 0 spiro atoms. The number of anilines is 1. The summed E-state index contributed by atoms with van der Waals surface area (Å²) < 4.78 is 17.9. The lowest BCUT2D eigenvalue weighted by Gasteiger charge is -2.11. The monoisotopic (exact) mass is 240 g/mol. The topological polar surface area (TPSA) is 50.4 Å². The molecular weight excluding hydrogens is 223 g/mol. The van der Waals surface area contributed by atoms with Crippen LogP contribution in [0.1, 0.15) is 13.8 Å². The maximum Gasteiger partial charge on any atom is 0.238 e. The van der Waals surface area contributed by atoms with E-state index in [-0.39, 0.29) is 18.5 Å². The SMILES string of the molecule is COc1cc(F)ccc1NC(=O)CNC(C)C. The van der Waals surface area contributed by atoms with Crippen molar-refractivity contribution in [3.63, 3.8) is 0 Å². The Labute approximate surface area is 100 Å². The van der Waals surface area contributed by atoms with Gasteiger partial charge in [-0.05, 0) is 12.1 Å². The Balaban J connectivity index is 2.64. The number of carbonyl (C=O) groups is 1. The van der Waals surface area contributed by atoms with E-state index in [1.807, 2.05) is 13.8 Å². The first-order chi connectivity index (χ1) is 8.02. The molecule has 0 aromatic heterocycles. The number of ether oxygens (including phenoxy) is 1. The van der Waals surface area contributed by atoms with Crippen LogP contribution in [0.4, 0.5) is 10.1 Å². The Morgan fingerprint density at radius 3 is 2.76 bits per heavy atom. The molecule has 1 aromatic carbocycles. The summed E-state index contributed by atoms with van der Waals surface area (Å²) in [6, 6.07) is 4.21. The molecule has 4 nitrogen and oxygen atoms in total. The molecule has 1 rings (SSSR count). The summed E-state index contributed by atoms with van der Waals surface area (Å²) >= 11 is 0. The molecule has 5 heteroatoms. The number of hydrogen-bond acceptors (Lipinski definition) is 3. The van der Waals surface area contributed by atoms with Gasteiger partial charge in [-0.25, -0.2) is 4.39 Å². The zero-order valence-corrected chi connectivity index (χ0v) is 10.2. The number of methoxy groups -OCH3 is 1. The van der Waals surface area contributed by atoms with Crippen molar-refractivity contribution in [2.24, 2.45) is 0 Å². The third kappa shape index (κ3) is 4.40. The first-order valence-electron chi connectivity index (χ1n) is 5.39. The smallest absolute Gasteiger partial charge is 0.238 e. The molecule has 0 aliphatic heterocycles. The van der Waals surface area contributed by atoms with Crippen LogP contribution in [-0.2, 0) is 4.79 Å². The third-order valence-electron chi connectivity index (χ3n) is 2.11. The number of halogens is 1. The van der Waals surface area contributed by atoms with Gasteiger partial charge in [-0.2, -0.15) is 0 Å². The second kappa shape index (κ2) is 6.20. The van der Waals surface area contributed by atoms with E-state index >= 15 is 0 Å². The zero-order valence-electron chi connectivity index (χ0n) is 10.2. The van der Waals surface area contributed by atoms with Gasteiger partial charge in [-0.15, -0.1) is 0 Å². The summed E-state index contributed by atoms with van der Waals surface area (Å²) in [6.07, 6.45) is 0. The fourth-order valence-corrected chi connectivity index (χ4v) is 1.26. The van der Waals surface area contributed by atoms with Crippen molar-refractivity contribution in [1.29, 1.82) is 0 Å². The summed E-state index contributed by atoms with van der Waals surface area (Å²) in [5.74, 6) is -0.286. The Morgan fingerprint density at radius 1 is 1.47 bits per heavy atom. The summed E-state index contributed by atoms with van der Waals surface area (Å²) in [5, 5.41) is 5.64. The lowest BCUT2D eigenvalue weighted by atomic mass is 10.2. The molecule has 0 radical (unpaired) electrons. The van der Waals surface area contributed by atoms with E-state index in [0.717, 1.165) is 0 Å². The van der Waals surface area contributed by atoms with E-state index in [1.54, 1.807) is 0 Å². The average molecular weight is 240 g/mol. The van der Waals surface area contributed by atoms with Gasteiger partial charge in [0.15, 0.2) is 0 Å². The summed E-state index contributed by atoms with van der Waals surface area (Å²) in [4.78, 5) is 11.5. The highest BCUT2D eigenvalue weighted by Gasteiger charge is 2.08.